The molecule has 3 rings (SSSR count). The van der Waals surface area contributed by atoms with Gasteiger partial charge < -0.3 is 0 Å². The lowest BCUT2D eigenvalue weighted by molar-refractivity contribution is -0.126. The van der Waals surface area contributed by atoms with Crippen LogP contribution in [0.5, 0.6) is 0 Å². The molecule has 1 N–H and O–H groups in total. The fourth-order valence-electron chi connectivity index (χ4n) is 3.18. The number of hydrogen-bond donors (Lipinski definition) is 1. The van der Waals surface area contributed by atoms with Crippen LogP contribution in [0.15, 0.2) is 64.2 Å². The molecule has 0 aromatic heterocycles. The van der Waals surface area contributed by atoms with E-state index in [4.69, 9.17) is 0 Å². The highest BCUT2D eigenvalue weighted by molar-refractivity contribution is 9.10. The van der Waals surface area contributed by atoms with Crippen LogP contribution in [0, 0.1) is 5.92 Å². The predicted molar refractivity (Wildman–Crippen MR) is 109 cm³/mol. The molecule has 4 nitrogen and oxygen atoms in total. The summed E-state index contributed by atoms with van der Waals surface area (Å²) in [6, 6.07) is 18.3. The maximum Gasteiger partial charge on any atom is 0.243 e. The Morgan fingerprint density at radius 1 is 1.12 bits per heavy atom. The summed E-state index contributed by atoms with van der Waals surface area (Å²) < 4.78 is 1.10. The molecule has 0 saturated carbocycles. The largest absolute Gasteiger partial charge is 0.299 e. The van der Waals surface area contributed by atoms with Gasteiger partial charge in [0.05, 0.1) is 5.71 Å². The average Bonchev–Trinajstić information content (AvgIpc) is 2.69. The second kappa shape index (κ2) is 9.10. The molecule has 0 aliphatic carbocycles. The van der Waals surface area contributed by atoms with E-state index in [0.29, 0.717) is 0 Å². The van der Waals surface area contributed by atoms with Crippen LogP contribution < -0.4 is 5.43 Å². The van der Waals surface area contributed by atoms with Gasteiger partial charge in [0, 0.05) is 16.9 Å². The van der Waals surface area contributed by atoms with Gasteiger partial charge in [-0.1, -0.05) is 58.4 Å². The molecule has 26 heavy (non-hydrogen) atoms. The zero-order valence-electron chi connectivity index (χ0n) is 15.0. The molecule has 0 spiro atoms. The first-order valence-electron chi connectivity index (χ1n) is 8.98. The molecule has 2 aromatic carbocycles. The molecule has 1 amide bonds. The van der Waals surface area contributed by atoms with Gasteiger partial charge in [-0.15, -0.1) is 0 Å². The summed E-state index contributed by atoms with van der Waals surface area (Å²) in [6.45, 7) is 4.73. The Morgan fingerprint density at radius 3 is 2.42 bits per heavy atom. The topological polar surface area (TPSA) is 44.7 Å². The van der Waals surface area contributed by atoms with E-state index >= 15 is 0 Å². The molecule has 0 unspecified atom stereocenters. The van der Waals surface area contributed by atoms with Crippen LogP contribution in [0.2, 0.25) is 0 Å². The van der Waals surface area contributed by atoms with Gasteiger partial charge in [-0.25, -0.2) is 5.43 Å². The Labute approximate surface area is 163 Å². The van der Waals surface area contributed by atoms with E-state index in [2.05, 4.69) is 55.6 Å². The van der Waals surface area contributed by atoms with Crippen molar-refractivity contribution in [1.82, 2.24) is 10.3 Å². The number of halogens is 1. The second-order valence-electron chi connectivity index (χ2n) is 6.72. The highest BCUT2D eigenvalue weighted by atomic mass is 79.9. The van der Waals surface area contributed by atoms with E-state index in [-0.39, 0.29) is 11.8 Å². The van der Waals surface area contributed by atoms with Crippen molar-refractivity contribution in [2.45, 2.75) is 26.3 Å². The van der Waals surface area contributed by atoms with Crippen LogP contribution in [-0.2, 0) is 11.3 Å². The maximum atomic E-state index is 12.4. The molecule has 1 aliphatic heterocycles. The van der Waals surface area contributed by atoms with E-state index in [1.807, 2.05) is 37.3 Å². The second-order valence-corrected chi connectivity index (χ2v) is 7.63. The van der Waals surface area contributed by atoms with Crippen molar-refractivity contribution in [3.05, 3.63) is 70.2 Å². The number of hydrazone groups is 1. The monoisotopic (exact) mass is 413 g/mol. The van der Waals surface area contributed by atoms with E-state index in [9.17, 15) is 4.79 Å². The van der Waals surface area contributed by atoms with Crippen LogP contribution in [0.25, 0.3) is 0 Å². The van der Waals surface area contributed by atoms with Crippen molar-refractivity contribution >= 4 is 27.5 Å². The third-order valence-electron chi connectivity index (χ3n) is 4.80. The summed E-state index contributed by atoms with van der Waals surface area (Å²) in [5.41, 5.74) is 5.90. The standard InChI is InChI=1S/C21H24BrN3O/c1-16(18-5-3-2-4-6-18)23-24-21(26)19-11-13-25(14-12-19)15-17-7-9-20(22)10-8-17/h2-10,19H,11-15H2,1H3,(H,24,26)/b23-16-. The number of carbonyl (C=O) groups excluding carboxylic acids is 1. The van der Waals surface area contributed by atoms with Crippen molar-refractivity contribution in [2.24, 2.45) is 11.0 Å². The van der Waals surface area contributed by atoms with E-state index < -0.39 is 0 Å². The minimum absolute atomic E-state index is 0.0311. The maximum absolute atomic E-state index is 12.4. The molecule has 5 heteroatoms. The number of nitrogens with one attached hydrogen (secondary N) is 1. The molecular formula is C21H24BrN3O. The van der Waals surface area contributed by atoms with E-state index in [1.165, 1.54) is 5.56 Å². The molecule has 2 aromatic rings. The van der Waals surface area contributed by atoms with Gasteiger partial charge >= 0.3 is 0 Å². The number of likely N-dealkylation sites (tertiary alicyclic amines) is 1. The smallest absolute Gasteiger partial charge is 0.243 e. The first kappa shape index (κ1) is 18.8. The van der Waals surface area contributed by atoms with Gasteiger partial charge in [-0.3, -0.25) is 9.69 Å². The van der Waals surface area contributed by atoms with Gasteiger partial charge in [0.15, 0.2) is 0 Å². The van der Waals surface area contributed by atoms with E-state index in [0.717, 1.165) is 48.2 Å². The molecule has 136 valence electrons. The van der Waals surface area contributed by atoms with Crippen molar-refractivity contribution in [2.75, 3.05) is 13.1 Å². The molecule has 0 bridgehead atoms. The summed E-state index contributed by atoms with van der Waals surface area (Å²) >= 11 is 3.47. The number of rotatable bonds is 5. The first-order valence-corrected chi connectivity index (χ1v) is 9.77. The Bertz CT molecular complexity index is 751. The van der Waals surface area contributed by atoms with Crippen LogP contribution in [0.4, 0.5) is 0 Å². The summed E-state index contributed by atoms with van der Waals surface area (Å²) in [5, 5.41) is 4.26. The van der Waals surface area contributed by atoms with E-state index in [1.54, 1.807) is 0 Å². The van der Waals surface area contributed by atoms with Crippen molar-refractivity contribution in [1.29, 1.82) is 0 Å². The normalized spacial score (nSPS) is 16.5. The van der Waals surface area contributed by atoms with Crippen molar-refractivity contribution < 1.29 is 4.79 Å². The number of hydrogen-bond acceptors (Lipinski definition) is 3. The number of carbonyl (C=O) groups is 1. The first-order chi connectivity index (χ1) is 12.6. The van der Waals surface area contributed by atoms with Crippen LogP contribution >= 0.6 is 15.9 Å². The lowest BCUT2D eigenvalue weighted by Gasteiger charge is -2.30. The van der Waals surface area contributed by atoms with Crippen LogP contribution in [0.1, 0.15) is 30.9 Å². The molecular weight excluding hydrogens is 390 g/mol. The summed E-state index contributed by atoms with van der Waals surface area (Å²) in [6.07, 6.45) is 1.75. The van der Waals surface area contributed by atoms with Crippen LogP contribution in [-0.4, -0.2) is 29.6 Å². The van der Waals surface area contributed by atoms with Gasteiger partial charge in [-0.2, -0.15) is 5.10 Å². The Kier molecular flexibility index (Phi) is 6.58. The molecule has 0 radical (unpaired) electrons. The third kappa shape index (κ3) is 5.26. The fraction of sp³-hybridized carbons (Fsp3) is 0.333. The fourth-order valence-corrected chi connectivity index (χ4v) is 3.44. The minimum atomic E-state index is 0.0311. The average molecular weight is 414 g/mol. The number of benzene rings is 2. The quantitative estimate of drug-likeness (QED) is 0.589. The van der Waals surface area contributed by atoms with Gasteiger partial charge in [0.1, 0.15) is 0 Å². The number of piperidine rings is 1. The zero-order chi connectivity index (χ0) is 18.4. The molecule has 1 aliphatic rings. The van der Waals surface area contributed by atoms with Gasteiger partial charge in [0.25, 0.3) is 0 Å². The SMILES string of the molecule is C/C(=N/NC(=O)C1CCN(Cc2ccc(Br)cc2)CC1)c1ccccc1. The highest BCUT2D eigenvalue weighted by Crippen LogP contribution is 2.20. The summed E-state index contributed by atoms with van der Waals surface area (Å²) in [7, 11) is 0. The summed E-state index contributed by atoms with van der Waals surface area (Å²) in [5.74, 6) is 0.0760. The lowest BCUT2D eigenvalue weighted by atomic mass is 9.96. The molecule has 1 fully saturated rings. The minimum Gasteiger partial charge on any atom is -0.299 e. The zero-order valence-corrected chi connectivity index (χ0v) is 16.6. The third-order valence-corrected chi connectivity index (χ3v) is 5.33. The Morgan fingerprint density at radius 2 is 1.77 bits per heavy atom. The predicted octanol–water partition coefficient (Wildman–Crippen LogP) is 4.20. The van der Waals surface area contributed by atoms with Gasteiger partial charge in [-0.05, 0) is 56.1 Å². The molecule has 1 heterocycles. The highest BCUT2D eigenvalue weighted by Gasteiger charge is 2.24. The van der Waals surface area contributed by atoms with Crippen molar-refractivity contribution in [3.63, 3.8) is 0 Å². The Hall–Kier alpha value is -1.98. The van der Waals surface area contributed by atoms with Crippen LogP contribution in [0.3, 0.4) is 0 Å². The van der Waals surface area contributed by atoms with Crippen molar-refractivity contribution in [3.8, 4) is 0 Å². The molecule has 1 saturated heterocycles. The summed E-state index contributed by atoms with van der Waals surface area (Å²) in [4.78, 5) is 14.8. The van der Waals surface area contributed by atoms with Gasteiger partial charge in [0.2, 0.25) is 5.91 Å². The lowest BCUT2D eigenvalue weighted by Crippen LogP contribution is -2.39. The number of amides is 1. The Balaban J connectivity index is 1.47. The molecule has 0 atom stereocenters. The number of nitrogens with zero attached hydrogens (tertiary/aromatic N) is 2.